The van der Waals surface area contributed by atoms with E-state index in [0.29, 0.717) is 28.2 Å². The van der Waals surface area contributed by atoms with Gasteiger partial charge in [0.25, 0.3) is 0 Å². The van der Waals surface area contributed by atoms with E-state index in [1.807, 2.05) is 30.3 Å². The van der Waals surface area contributed by atoms with Gasteiger partial charge in [0.1, 0.15) is 35.2 Å². The highest BCUT2D eigenvalue weighted by Gasteiger charge is 2.34. The second-order valence-corrected chi connectivity index (χ2v) is 7.31. The molecule has 0 saturated heterocycles. The number of ether oxygens (including phenoxy) is 3. The van der Waals surface area contributed by atoms with Gasteiger partial charge in [-0.1, -0.05) is 30.3 Å². The minimum atomic E-state index is -0.657. The van der Waals surface area contributed by atoms with Gasteiger partial charge >= 0.3 is 5.63 Å². The van der Waals surface area contributed by atoms with Gasteiger partial charge in [0.2, 0.25) is 0 Å². The molecule has 6 nitrogen and oxygen atoms in total. The van der Waals surface area contributed by atoms with Crippen molar-refractivity contribution in [1.29, 1.82) is 0 Å². The van der Waals surface area contributed by atoms with Crippen LogP contribution < -0.4 is 19.8 Å². The van der Waals surface area contributed by atoms with Crippen molar-refractivity contribution >= 4 is 11.0 Å². The molecule has 3 aromatic carbocycles. The number of benzene rings is 3. The molecule has 6 heteroatoms. The lowest BCUT2D eigenvalue weighted by Gasteiger charge is -2.22. The Balaban J connectivity index is 1.90. The largest absolute Gasteiger partial charge is 0.507 e. The highest BCUT2D eigenvalue weighted by atomic mass is 16.5. The molecule has 1 aliphatic heterocycles. The maximum Gasteiger partial charge on any atom is 0.344 e. The summed E-state index contributed by atoms with van der Waals surface area (Å²) in [5, 5.41) is 11.7. The van der Waals surface area contributed by atoms with E-state index in [1.165, 1.54) is 0 Å². The molecule has 5 rings (SSSR count). The number of hydrogen-bond donors (Lipinski definition) is 1. The first-order chi connectivity index (χ1) is 15.1. The quantitative estimate of drug-likeness (QED) is 0.492. The molecule has 0 saturated carbocycles. The van der Waals surface area contributed by atoms with Crippen LogP contribution in [0.5, 0.6) is 23.0 Å². The minimum absolute atomic E-state index is 0.114. The molecular formula is C25H20O6. The monoisotopic (exact) mass is 416 g/mol. The number of rotatable bonds is 3. The summed E-state index contributed by atoms with van der Waals surface area (Å²) in [6.07, 6.45) is 0. The van der Waals surface area contributed by atoms with Gasteiger partial charge in [0, 0.05) is 22.8 Å². The smallest absolute Gasteiger partial charge is 0.344 e. The van der Waals surface area contributed by atoms with Crippen molar-refractivity contribution in [2.24, 2.45) is 0 Å². The molecule has 1 atom stereocenters. The lowest BCUT2D eigenvalue weighted by molar-refractivity contribution is 0.305. The third-order valence-corrected chi connectivity index (χ3v) is 5.67. The Hall–Kier alpha value is -3.93. The van der Waals surface area contributed by atoms with Gasteiger partial charge < -0.3 is 23.7 Å². The average molecular weight is 416 g/mol. The van der Waals surface area contributed by atoms with Gasteiger partial charge in [0.05, 0.1) is 31.1 Å². The zero-order valence-electron chi connectivity index (χ0n) is 17.0. The Labute approximate surface area is 178 Å². The third kappa shape index (κ3) is 2.99. The Morgan fingerprint density at radius 1 is 0.968 bits per heavy atom. The van der Waals surface area contributed by atoms with Gasteiger partial charge in [-0.25, -0.2) is 4.79 Å². The Kier molecular flexibility index (Phi) is 4.55. The lowest BCUT2D eigenvalue weighted by atomic mass is 9.82. The molecule has 0 bridgehead atoms. The first-order valence-corrected chi connectivity index (χ1v) is 9.83. The van der Waals surface area contributed by atoms with Gasteiger partial charge in [-0.15, -0.1) is 0 Å². The molecule has 1 unspecified atom stereocenters. The summed E-state index contributed by atoms with van der Waals surface area (Å²) in [5.41, 5.74) is 2.12. The first kappa shape index (κ1) is 19.1. The minimum Gasteiger partial charge on any atom is -0.507 e. The summed E-state index contributed by atoms with van der Waals surface area (Å²) in [6.45, 7) is 0.260. The van der Waals surface area contributed by atoms with Crippen LogP contribution in [0.15, 0.2) is 69.9 Å². The fraction of sp³-hybridized carbons (Fsp3) is 0.160. The van der Waals surface area contributed by atoms with E-state index in [0.717, 1.165) is 16.7 Å². The van der Waals surface area contributed by atoms with Crippen LogP contribution >= 0.6 is 0 Å². The molecule has 31 heavy (non-hydrogen) atoms. The van der Waals surface area contributed by atoms with Crippen molar-refractivity contribution in [3.05, 3.63) is 93.3 Å². The normalized spacial score (nSPS) is 14.8. The molecule has 1 aromatic heterocycles. The Morgan fingerprint density at radius 2 is 1.74 bits per heavy atom. The van der Waals surface area contributed by atoms with Crippen molar-refractivity contribution in [2.45, 2.75) is 12.5 Å². The Bertz CT molecular complexity index is 1350. The van der Waals surface area contributed by atoms with E-state index >= 15 is 0 Å². The highest BCUT2D eigenvalue weighted by Crippen LogP contribution is 2.48. The van der Waals surface area contributed by atoms with E-state index in [1.54, 1.807) is 44.6 Å². The van der Waals surface area contributed by atoms with Gasteiger partial charge in [0.15, 0.2) is 0 Å². The van der Waals surface area contributed by atoms with Crippen LogP contribution in [-0.4, -0.2) is 19.3 Å². The lowest BCUT2D eigenvalue weighted by Crippen LogP contribution is -2.17. The van der Waals surface area contributed by atoms with Crippen LogP contribution in [0.3, 0.4) is 0 Å². The summed E-state index contributed by atoms with van der Waals surface area (Å²) in [7, 11) is 3.14. The predicted molar refractivity (Wildman–Crippen MR) is 115 cm³/mol. The molecule has 2 heterocycles. The number of para-hydroxylation sites is 2. The second-order valence-electron chi connectivity index (χ2n) is 7.31. The second kappa shape index (κ2) is 7.40. The predicted octanol–water partition coefficient (Wildman–Crippen LogP) is 4.59. The molecule has 0 radical (unpaired) electrons. The molecule has 1 aliphatic rings. The fourth-order valence-electron chi connectivity index (χ4n) is 4.25. The topological polar surface area (TPSA) is 78.1 Å². The average Bonchev–Trinajstić information content (AvgIpc) is 2.96. The maximum absolute atomic E-state index is 13.2. The van der Waals surface area contributed by atoms with Gasteiger partial charge in [-0.2, -0.15) is 0 Å². The number of aromatic hydroxyl groups is 1. The standard InChI is InChI=1S/C25H20O6/c1-28-15-11-14-13-30-18-9-5-3-7-16(18)22(21(14)20(12-15)29-2)23-24(26)17-8-4-6-10-19(17)31-25(23)27/h3-12,22,26H,13H2,1-2H3. The van der Waals surface area contributed by atoms with Crippen LogP contribution in [0.25, 0.3) is 11.0 Å². The molecule has 1 N–H and O–H groups in total. The third-order valence-electron chi connectivity index (χ3n) is 5.67. The van der Waals surface area contributed by atoms with Crippen molar-refractivity contribution in [1.82, 2.24) is 0 Å². The summed E-state index contributed by atoms with van der Waals surface area (Å²) < 4.78 is 22.8. The molecule has 0 amide bonds. The van der Waals surface area contributed by atoms with Crippen molar-refractivity contribution in [3.8, 4) is 23.0 Å². The van der Waals surface area contributed by atoms with Crippen LogP contribution in [0.2, 0.25) is 0 Å². The van der Waals surface area contributed by atoms with Crippen molar-refractivity contribution in [2.75, 3.05) is 14.2 Å². The summed E-state index contributed by atoms with van der Waals surface area (Å²) in [5.74, 6) is 0.995. The number of methoxy groups -OCH3 is 2. The SMILES string of the molecule is COc1cc2c(c(OC)c1)C(c1c(O)c3ccccc3oc1=O)c1ccccc1OC2. The van der Waals surface area contributed by atoms with E-state index in [-0.39, 0.29) is 17.9 Å². The molecule has 156 valence electrons. The zero-order valence-corrected chi connectivity index (χ0v) is 17.0. The molecule has 4 aromatic rings. The summed E-state index contributed by atoms with van der Waals surface area (Å²) in [4.78, 5) is 13.2. The van der Waals surface area contributed by atoms with Gasteiger partial charge in [-0.3, -0.25) is 0 Å². The summed E-state index contributed by atoms with van der Waals surface area (Å²) in [6, 6.07) is 18.0. The zero-order chi connectivity index (χ0) is 21.5. The number of fused-ring (bicyclic) bond motifs is 3. The number of hydrogen-bond acceptors (Lipinski definition) is 6. The molecule has 0 fully saturated rings. The highest BCUT2D eigenvalue weighted by molar-refractivity contribution is 5.85. The van der Waals surface area contributed by atoms with Crippen LogP contribution in [-0.2, 0) is 6.61 Å². The Morgan fingerprint density at radius 3 is 2.55 bits per heavy atom. The molecule has 0 spiro atoms. The van der Waals surface area contributed by atoms with Crippen LogP contribution in [0.1, 0.15) is 28.2 Å². The van der Waals surface area contributed by atoms with E-state index < -0.39 is 11.5 Å². The van der Waals surface area contributed by atoms with Crippen molar-refractivity contribution < 1.29 is 23.7 Å². The van der Waals surface area contributed by atoms with Gasteiger partial charge in [-0.05, 0) is 24.3 Å². The molecule has 0 aliphatic carbocycles. The van der Waals surface area contributed by atoms with E-state index in [2.05, 4.69) is 0 Å². The van der Waals surface area contributed by atoms with Crippen LogP contribution in [0.4, 0.5) is 0 Å². The summed E-state index contributed by atoms with van der Waals surface area (Å²) >= 11 is 0. The fourth-order valence-corrected chi connectivity index (χ4v) is 4.25. The first-order valence-electron chi connectivity index (χ1n) is 9.83. The van der Waals surface area contributed by atoms with E-state index in [9.17, 15) is 9.90 Å². The molecular weight excluding hydrogens is 396 g/mol. The van der Waals surface area contributed by atoms with E-state index in [4.69, 9.17) is 18.6 Å². The van der Waals surface area contributed by atoms with Crippen molar-refractivity contribution in [3.63, 3.8) is 0 Å². The van der Waals surface area contributed by atoms with Crippen LogP contribution in [0, 0.1) is 0 Å². The maximum atomic E-state index is 13.2.